The first-order valence-electron chi connectivity index (χ1n) is 10.3. The topological polar surface area (TPSA) is 66.5 Å². The van der Waals surface area contributed by atoms with E-state index < -0.39 is 10.0 Å². The van der Waals surface area contributed by atoms with E-state index in [1.54, 1.807) is 23.9 Å². The van der Waals surface area contributed by atoms with Gasteiger partial charge in [0.2, 0.25) is 15.9 Å². The van der Waals surface area contributed by atoms with E-state index in [2.05, 4.69) is 5.32 Å². The van der Waals surface area contributed by atoms with E-state index in [0.29, 0.717) is 41.5 Å². The Morgan fingerprint density at radius 3 is 2.62 bits per heavy atom. The second-order valence-corrected chi connectivity index (χ2v) is 11.9. The third-order valence-electron chi connectivity index (χ3n) is 5.26. The standard InChI is InChI=1S/C22H25Cl3N2O3S2/c23-19-8-7-18(21(25)12-19)15-32(29,30)27-10-3-5-16(13-27)22(28)26-9-11-31-14-17-4-1-2-6-20(17)24/h1-2,4,6-8,12,16H,3,5,9-11,13-15H2,(H,26,28)/t16-/m1/s1. The van der Waals surface area contributed by atoms with E-state index >= 15 is 0 Å². The van der Waals surface area contributed by atoms with Crippen LogP contribution in [-0.2, 0) is 26.3 Å². The van der Waals surface area contributed by atoms with E-state index in [4.69, 9.17) is 34.8 Å². The van der Waals surface area contributed by atoms with Crippen molar-refractivity contribution in [1.29, 1.82) is 0 Å². The summed E-state index contributed by atoms with van der Waals surface area (Å²) in [4.78, 5) is 12.6. The van der Waals surface area contributed by atoms with E-state index in [0.717, 1.165) is 22.1 Å². The van der Waals surface area contributed by atoms with Crippen LogP contribution in [-0.4, -0.2) is 44.0 Å². The zero-order valence-electron chi connectivity index (χ0n) is 17.4. The molecule has 1 fully saturated rings. The lowest BCUT2D eigenvalue weighted by molar-refractivity contribution is -0.125. The molecule has 1 amide bonds. The van der Waals surface area contributed by atoms with Crippen molar-refractivity contribution in [2.24, 2.45) is 5.92 Å². The summed E-state index contributed by atoms with van der Waals surface area (Å²) in [5, 5.41) is 4.46. The Kier molecular flexibility index (Phi) is 9.58. The number of nitrogens with zero attached hydrogens (tertiary/aromatic N) is 1. The van der Waals surface area contributed by atoms with Crippen LogP contribution >= 0.6 is 46.6 Å². The van der Waals surface area contributed by atoms with Gasteiger partial charge in [0.1, 0.15) is 0 Å². The molecule has 10 heteroatoms. The molecule has 5 nitrogen and oxygen atoms in total. The maximum atomic E-state index is 12.9. The number of amides is 1. The lowest BCUT2D eigenvalue weighted by Crippen LogP contribution is -2.46. The molecule has 2 aromatic carbocycles. The highest BCUT2D eigenvalue weighted by atomic mass is 35.5. The van der Waals surface area contributed by atoms with Crippen molar-refractivity contribution >= 4 is 62.5 Å². The Labute approximate surface area is 208 Å². The van der Waals surface area contributed by atoms with Gasteiger partial charge < -0.3 is 5.32 Å². The number of piperidine rings is 1. The van der Waals surface area contributed by atoms with Crippen LogP contribution in [0, 0.1) is 5.92 Å². The van der Waals surface area contributed by atoms with Gasteiger partial charge in [-0.3, -0.25) is 4.79 Å². The van der Waals surface area contributed by atoms with Crippen molar-refractivity contribution in [2.75, 3.05) is 25.4 Å². The maximum absolute atomic E-state index is 12.9. The summed E-state index contributed by atoms with van der Waals surface area (Å²) < 4.78 is 27.2. The molecule has 0 bridgehead atoms. The van der Waals surface area contributed by atoms with Gasteiger partial charge >= 0.3 is 0 Å². The van der Waals surface area contributed by atoms with E-state index in [-0.39, 0.29) is 24.1 Å². The predicted octanol–water partition coefficient (Wildman–Crippen LogP) is 5.24. The number of halogens is 3. The van der Waals surface area contributed by atoms with Gasteiger partial charge in [0, 0.05) is 46.2 Å². The summed E-state index contributed by atoms with van der Waals surface area (Å²) >= 11 is 19.9. The Morgan fingerprint density at radius 2 is 1.88 bits per heavy atom. The Bertz CT molecular complexity index is 1050. The quantitative estimate of drug-likeness (QED) is 0.446. The number of thioether (sulfide) groups is 1. The normalized spacial score (nSPS) is 17.3. The van der Waals surface area contributed by atoms with Crippen LogP contribution in [0.2, 0.25) is 15.1 Å². The number of rotatable bonds is 9. The molecule has 0 radical (unpaired) electrons. The van der Waals surface area contributed by atoms with Crippen molar-refractivity contribution in [3.05, 3.63) is 68.7 Å². The number of sulfonamides is 1. The molecule has 1 heterocycles. The van der Waals surface area contributed by atoms with Crippen molar-refractivity contribution in [1.82, 2.24) is 9.62 Å². The number of carbonyl (C=O) groups excluding carboxylic acids is 1. The van der Waals surface area contributed by atoms with Crippen LogP contribution < -0.4 is 5.32 Å². The Morgan fingerprint density at radius 1 is 1.09 bits per heavy atom. The molecule has 3 rings (SSSR count). The van der Waals surface area contributed by atoms with Gasteiger partial charge in [0.15, 0.2) is 0 Å². The minimum Gasteiger partial charge on any atom is -0.355 e. The SMILES string of the molecule is O=C(NCCSCc1ccccc1Cl)[C@@H]1CCCN(S(=O)(=O)Cc2ccc(Cl)cc2Cl)C1. The van der Waals surface area contributed by atoms with Crippen LogP contribution in [0.1, 0.15) is 24.0 Å². The molecule has 0 aromatic heterocycles. The number of benzene rings is 2. The van der Waals surface area contributed by atoms with Crippen molar-refractivity contribution < 1.29 is 13.2 Å². The number of hydrogen-bond acceptors (Lipinski definition) is 4. The maximum Gasteiger partial charge on any atom is 0.224 e. The second-order valence-electron chi connectivity index (χ2n) is 7.62. The number of carbonyl (C=O) groups is 1. The summed E-state index contributed by atoms with van der Waals surface area (Å²) in [6, 6.07) is 12.5. The van der Waals surface area contributed by atoms with Gasteiger partial charge in [-0.05, 0) is 42.2 Å². The summed E-state index contributed by atoms with van der Waals surface area (Å²) in [5.41, 5.74) is 1.57. The molecule has 0 spiro atoms. The Balaban J connectivity index is 1.47. The van der Waals surface area contributed by atoms with Crippen LogP contribution in [0.5, 0.6) is 0 Å². The average molecular weight is 536 g/mol. The summed E-state index contributed by atoms with van der Waals surface area (Å²) in [7, 11) is -3.59. The summed E-state index contributed by atoms with van der Waals surface area (Å²) in [6.45, 7) is 1.12. The molecular weight excluding hydrogens is 511 g/mol. The molecule has 0 aliphatic carbocycles. The van der Waals surface area contributed by atoms with Gasteiger partial charge in [-0.1, -0.05) is 59.1 Å². The summed E-state index contributed by atoms with van der Waals surface area (Å²) in [5.74, 6) is 0.857. The zero-order chi connectivity index (χ0) is 23.1. The monoisotopic (exact) mass is 534 g/mol. The molecule has 0 unspecified atom stereocenters. The number of nitrogens with one attached hydrogen (secondary N) is 1. The fourth-order valence-corrected chi connectivity index (χ4v) is 6.86. The summed E-state index contributed by atoms with van der Waals surface area (Å²) in [6.07, 6.45) is 1.32. The fraction of sp³-hybridized carbons (Fsp3) is 0.409. The second kappa shape index (κ2) is 12.0. The highest BCUT2D eigenvalue weighted by Crippen LogP contribution is 2.26. The number of hydrogen-bond donors (Lipinski definition) is 1. The first kappa shape index (κ1) is 25.7. The van der Waals surface area contributed by atoms with Crippen molar-refractivity contribution in [3.63, 3.8) is 0 Å². The molecule has 1 saturated heterocycles. The minimum atomic E-state index is -3.59. The van der Waals surface area contributed by atoms with E-state index in [1.165, 1.54) is 10.4 Å². The van der Waals surface area contributed by atoms with Gasteiger partial charge in [0.05, 0.1) is 11.7 Å². The molecule has 1 aliphatic heterocycles. The first-order valence-corrected chi connectivity index (χ1v) is 14.2. The van der Waals surface area contributed by atoms with Gasteiger partial charge in [-0.15, -0.1) is 0 Å². The van der Waals surface area contributed by atoms with Gasteiger partial charge in [0.25, 0.3) is 0 Å². The van der Waals surface area contributed by atoms with Crippen LogP contribution in [0.4, 0.5) is 0 Å². The van der Waals surface area contributed by atoms with Gasteiger partial charge in [-0.2, -0.15) is 11.8 Å². The molecular formula is C22H25Cl3N2O3S2. The minimum absolute atomic E-state index is 0.104. The zero-order valence-corrected chi connectivity index (χ0v) is 21.3. The van der Waals surface area contributed by atoms with Crippen molar-refractivity contribution in [3.8, 4) is 0 Å². The molecule has 1 atom stereocenters. The lowest BCUT2D eigenvalue weighted by atomic mass is 9.99. The average Bonchev–Trinajstić information content (AvgIpc) is 2.76. The smallest absolute Gasteiger partial charge is 0.224 e. The largest absolute Gasteiger partial charge is 0.355 e. The van der Waals surface area contributed by atoms with Crippen LogP contribution in [0.15, 0.2) is 42.5 Å². The van der Waals surface area contributed by atoms with Crippen LogP contribution in [0.3, 0.4) is 0 Å². The first-order chi connectivity index (χ1) is 15.3. The molecule has 2 aromatic rings. The highest BCUT2D eigenvalue weighted by Gasteiger charge is 2.32. The van der Waals surface area contributed by atoms with Crippen molar-refractivity contribution in [2.45, 2.75) is 24.3 Å². The Hall–Kier alpha value is -0.960. The fourth-order valence-electron chi connectivity index (χ4n) is 3.52. The molecule has 1 N–H and O–H groups in total. The highest BCUT2D eigenvalue weighted by molar-refractivity contribution is 7.98. The van der Waals surface area contributed by atoms with Crippen LogP contribution in [0.25, 0.3) is 0 Å². The van der Waals surface area contributed by atoms with E-state index in [9.17, 15) is 13.2 Å². The predicted molar refractivity (Wildman–Crippen MR) is 134 cm³/mol. The van der Waals surface area contributed by atoms with E-state index in [1.807, 2.05) is 24.3 Å². The molecule has 1 aliphatic rings. The van der Waals surface area contributed by atoms with Gasteiger partial charge in [-0.25, -0.2) is 12.7 Å². The molecule has 0 saturated carbocycles. The molecule has 174 valence electrons. The lowest BCUT2D eigenvalue weighted by Gasteiger charge is -2.31. The molecule has 32 heavy (non-hydrogen) atoms. The third kappa shape index (κ3) is 7.27. The third-order valence-corrected chi connectivity index (χ3v) is 9.02.